The van der Waals surface area contributed by atoms with Crippen molar-refractivity contribution in [1.82, 2.24) is 14.6 Å². The van der Waals surface area contributed by atoms with Gasteiger partial charge in [0.25, 0.3) is 0 Å². The molecule has 2 aromatic heterocycles. The molecule has 124 valence electrons. The Morgan fingerprint density at radius 2 is 2.09 bits per heavy atom. The number of nitrogens with one attached hydrogen (secondary N) is 1. The lowest BCUT2D eigenvalue weighted by atomic mass is 10.1. The van der Waals surface area contributed by atoms with E-state index in [9.17, 15) is 4.79 Å². The number of amides is 1. The van der Waals surface area contributed by atoms with Gasteiger partial charge in [-0.25, -0.2) is 9.78 Å². The van der Waals surface area contributed by atoms with Crippen molar-refractivity contribution in [2.45, 2.75) is 64.9 Å². The van der Waals surface area contributed by atoms with Crippen molar-refractivity contribution in [2.75, 3.05) is 5.32 Å². The number of aromatic nitrogens is 3. The minimum atomic E-state index is -0.539. The molecule has 1 N–H and O–H groups in total. The van der Waals surface area contributed by atoms with Crippen molar-refractivity contribution in [3.63, 3.8) is 0 Å². The molecule has 23 heavy (non-hydrogen) atoms. The molecule has 1 saturated carbocycles. The number of ether oxygens (including phenoxy) is 1. The first-order chi connectivity index (χ1) is 10.7. The summed E-state index contributed by atoms with van der Waals surface area (Å²) in [7, 11) is 0. The van der Waals surface area contributed by atoms with Crippen molar-refractivity contribution in [2.24, 2.45) is 0 Å². The molecule has 3 rings (SSSR count). The quantitative estimate of drug-likeness (QED) is 0.926. The van der Waals surface area contributed by atoms with Crippen LogP contribution in [0.25, 0.3) is 5.65 Å². The average molecular weight is 316 g/mol. The predicted molar refractivity (Wildman–Crippen MR) is 88.9 cm³/mol. The van der Waals surface area contributed by atoms with Crippen LogP contribution in [0.5, 0.6) is 0 Å². The van der Waals surface area contributed by atoms with Crippen LogP contribution < -0.4 is 5.32 Å². The maximum Gasteiger partial charge on any atom is 0.413 e. The number of rotatable bonds is 3. The summed E-state index contributed by atoms with van der Waals surface area (Å²) in [6.45, 7) is 9.76. The van der Waals surface area contributed by atoms with Crippen molar-refractivity contribution in [3.8, 4) is 0 Å². The lowest BCUT2D eigenvalue weighted by Crippen LogP contribution is -2.28. The third-order valence-electron chi connectivity index (χ3n) is 3.77. The highest BCUT2D eigenvalue weighted by molar-refractivity contribution is 5.84. The molecule has 1 amide bonds. The van der Waals surface area contributed by atoms with Crippen LogP contribution in [0, 0.1) is 0 Å². The first kappa shape index (κ1) is 15.8. The zero-order valence-corrected chi connectivity index (χ0v) is 14.4. The molecule has 0 bridgehead atoms. The SMILES string of the molecule is CC(C)c1cnn2c(NC(=O)OC(C)(C)C)cc(C3CC3)nc12. The van der Waals surface area contributed by atoms with Crippen molar-refractivity contribution >= 4 is 17.6 Å². The molecule has 0 saturated heterocycles. The maximum absolute atomic E-state index is 12.1. The van der Waals surface area contributed by atoms with E-state index in [1.165, 1.54) is 0 Å². The Bertz CT molecular complexity index is 739. The highest BCUT2D eigenvalue weighted by Gasteiger charge is 2.28. The summed E-state index contributed by atoms with van der Waals surface area (Å²) in [5.74, 6) is 1.43. The lowest BCUT2D eigenvalue weighted by molar-refractivity contribution is 0.0635. The van der Waals surface area contributed by atoms with Crippen molar-refractivity contribution in [1.29, 1.82) is 0 Å². The molecule has 0 aromatic carbocycles. The fraction of sp³-hybridized carbons (Fsp3) is 0.588. The summed E-state index contributed by atoms with van der Waals surface area (Å²) in [5.41, 5.74) is 2.38. The van der Waals surface area contributed by atoms with E-state index >= 15 is 0 Å². The molecular formula is C17H24N4O2. The Hall–Kier alpha value is -2.11. The molecule has 0 radical (unpaired) electrons. The van der Waals surface area contributed by atoms with Gasteiger partial charge >= 0.3 is 6.09 Å². The maximum atomic E-state index is 12.1. The number of carbonyl (C=O) groups is 1. The van der Waals surface area contributed by atoms with Crippen LogP contribution in [0.3, 0.4) is 0 Å². The molecule has 6 heteroatoms. The molecule has 1 aliphatic rings. The Kier molecular flexibility index (Phi) is 3.78. The second kappa shape index (κ2) is 5.51. The summed E-state index contributed by atoms with van der Waals surface area (Å²) in [6.07, 6.45) is 3.65. The second-order valence-corrected chi connectivity index (χ2v) is 7.46. The molecule has 6 nitrogen and oxygen atoms in total. The van der Waals surface area contributed by atoms with Crippen LogP contribution in [0.4, 0.5) is 10.6 Å². The van der Waals surface area contributed by atoms with Gasteiger partial charge in [0.05, 0.1) is 6.20 Å². The minimum Gasteiger partial charge on any atom is -0.444 e. The van der Waals surface area contributed by atoms with Crippen LogP contribution in [-0.2, 0) is 4.74 Å². The van der Waals surface area contributed by atoms with Crippen molar-refractivity contribution < 1.29 is 9.53 Å². The van der Waals surface area contributed by atoms with Crippen LogP contribution in [0.15, 0.2) is 12.3 Å². The molecule has 0 aliphatic heterocycles. The van der Waals surface area contributed by atoms with Gasteiger partial charge in [-0.3, -0.25) is 5.32 Å². The van der Waals surface area contributed by atoms with Gasteiger partial charge < -0.3 is 4.74 Å². The predicted octanol–water partition coefficient (Wildman–Crippen LogP) is 4.08. The molecule has 1 fully saturated rings. The zero-order valence-electron chi connectivity index (χ0n) is 14.4. The normalized spacial score (nSPS) is 15.2. The van der Waals surface area contributed by atoms with Gasteiger partial charge in [-0.05, 0) is 39.5 Å². The van der Waals surface area contributed by atoms with Gasteiger partial charge in [0, 0.05) is 23.2 Å². The molecular weight excluding hydrogens is 292 g/mol. The number of hydrogen-bond donors (Lipinski definition) is 1. The topological polar surface area (TPSA) is 68.5 Å². The van der Waals surface area contributed by atoms with Gasteiger partial charge in [0.2, 0.25) is 0 Å². The number of nitrogens with zero attached hydrogens (tertiary/aromatic N) is 3. The Balaban J connectivity index is 1.99. The Morgan fingerprint density at radius 1 is 1.39 bits per heavy atom. The third-order valence-corrected chi connectivity index (χ3v) is 3.77. The zero-order chi connectivity index (χ0) is 16.8. The van der Waals surface area contributed by atoms with Crippen molar-refractivity contribution in [3.05, 3.63) is 23.5 Å². The van der Waals surface area contributed by atoms with Gasteiger partial charge in [-0.1, -0.05) is 13.8 Å². The van der Waals surface area contributed by atoms with E-state index in [4.69, 9.17) is 9.72 Å². The van der Waals surface area contributed by atoms with Crippen LogP contribution >= 0.6 is 0 Å². The minimum absolute atomic E-state index is 0.323. The van der Waals surface area contributed by atoms with E-state index in [2.05, 4.69) is 24.3 Å². The van der Waals surface area contributed by atoms with E-state index in [0.29, 0.717) is 17.7 Å². The van der Waals surface area contributed by atoms with Gasteiger partial charge in [-0.15, -0.1) is 0 Å². The molecule has 0 spiro atoms. The van der Waals surface area contributed by atoms with E-state index in [0.717, 1.165) is 29.7 Å². The van der Waals surface area contributed by atoms with E-state index in [-0.39, 0.29) is 0 Å². The standard InChI is InChI=1S/C17H24N4O2/c1-10(2)12-9-18-21-14(20-16(22)23-17(3,4)5)8-13(11-6-7-11)19-15(12)21/h8-11H,6-7H2,1-5H3,(H,20,22). The van der Waals surface area contributed by atoms with E-state index in [1.807, 2.05) is 33.0 Å². The first-order valence-electron chi connectivity index (χ1n) is 8.13. The number of hydrogen-bond acceptors (Lipinski definition) is 4. The number of carbonyl (C=O) groups excluding carboxylic acids is 1. The second-order valence-electron chi connectivity index (χ2n) is 7.46. The Morgan fingerprint density at radius 3 is 2.65 bits per heavy atom. The summed E-state index contributed by atoms with van der Waals surface area (Å²) in [5, 5.41) is 7.21. The molecule has 1 aliphatic carbocycles. The Labute approximate surface area is 136 Å². The largest absolute Gasteiger partial charge is 0.444 e. The van der Waals surface area contributed by atoms with Gasteiger partial charge in [0.1, 0.15) is 11.4 Å². The van der Waals surface area contributed by atoms with Crippen LogP contribution in [-0.4, -0.2) is 26.3 Å². The number of anilines is 1. The number of fused-ring (bicyclic) bond motifs is 1. The molecule has 2 heterocycles. The average Bonchev–Trinajstić information content (AvgIpc) is 3.15. The fourth-order valence-corrected chi connectivity index (χ4v) is 2.49. The summed E-state index contributed by atoms with van der Waals surface area (Å²) < 4.78 is 7.03. The third kappa shape index (κ3) is 3.46. The monoisotopic (exact) mass is 316 g/mol. The summed E-state index contributed by atoms with van der Waals surface area (Å²) in [6, 6.07) is 1.91. The summed E-state index contributed by atoms with van der Waals surface area (Å²) >= 11 is 0. The van der Waals surface area contributed by atoms with Crippen LogP contribution in [0.1, 0.15) is 70.6 Å². The highest BCUT2D eigenvalue weighted by atomic mass is 16.6. The van der Waals surface area contributed by atoms with Gasteiger partial charge in [-0.2, -0.15) is 9.61 Å². The van der Waals surface area contributed by atoms with E-state index in [1.54, 1.807) is 4.52 Å². The molecule has 2 aromatic rings. The first-order valence-corrected chi connectivity index (χ1v) is 8.13. The molecule has 0 unspecified atom stereocenters. The lowest BCUT2D eigenvalue weighted by Gasteiger charge is -2.20. The highest BCUT2D eigenvalue weighted by Crippen LogP contribution is 2.40. The summed E-state index contributed by atoms with van der Waals surface area (Å²) in [4.78, 5) is 16.9. The fourth-order valence-electron chi connectivity index (χ4n) is 2.49. The van der Waals surface area contributed by atoms with Crippen LogP contribution in [0.2, 0.25) is 0 Å². The molecule has 0 atom stereocenters. The smallest absolute Gasteiger partial charge is 0.413 e. The van der Waals surface area contributed by atoms with Gasteiger partial charge in [0.15, 0.2) is 5.65 Å². The van der Waals surface area contributed by atoms with E-state index < -0.39 is 11.7 Å².